The van der Waals surface area contributed by atoms with Gasteiger partial charge in [0.15, 0.2) is 0 Å². The van der Waals surface area contributed by atoms with E-state index in [0.29, 0.717) is 5.56 Å². The van der Waals surface area contributed by atoms with Crippen molar-refractivity contribution in [1.29, 1.82) is 0 Å². The van der Waals surface area contributed by atoms with Crippen molar-refractivity contribution in [3.63, 3.8) is 0 Å². The van der Waals surface area contributed by atoms with Crippen LogP contribution in [-0.2, 0) is 17.6 Å². The summed E-state index contributed by atoms with van der Waals surface area (Å²) in [6.45, 7) is 0. The van der Waals surface area contributed by atoms with Crippen LogP contribution in [0.2, 0.25) is 0 Å². The van der Waals surface area contributed by atoms with Crippen LogP contribution in [0, 0.1) is 5.92 Å². The van der Waals surface area contributed by atoms with Crippen molar-refractivity contribution in [1.82, 2.24) is 0 Å². The lowest BCUT2D eigenvalue weighted by molar-refractivity contribution is -0.117. The summed E-state index contributed by atoms with van der Waals surface area (Å²) in [5.41, 5.74) is 4.88. The molecule has 4 nitrogen and oxygen atoms in total. The SMILES string of the molecule is O=C(Nc1cccc2c1CCCC2)c1ccc(NC(=O)C2CC2)cc1. The molecule has 25 heavy (non-hydrogen) atoms. The molecule has 2 aliphatic rings. The Morgan fingerprint density at radius 3 is 2.40 bits per heavy atom. The summed E-state index contributed by atoms with van der Waals surface area (Å²) in [6.07, 6.45) is 6.47. The second-order valence-electron chi connectivity index (χ2n) is 6.95. The largest absolute Gasteiger partial charge is 0.326 e. The summed E-state index contributed by atoms with van der Waals surface area (Å²) < 4.78 is 0. The number of amides is 2. The van der Waals surface area contributed by atoms with Crippen molar-refractivity contribution < 1.29 is 9.59 Å². The molecule has 2 N–H and O–H groups in total. The Morgan fingerprint density at radius 1 is 0.880 bits per heavy atom. The fourth-order valence-corrected chi connectivity index (χ4v) is 3.39. The van der Waals surface area contributed by atoms with E-state index in [1.807, 2.05) is 12.1 Å². The van der Waals surface area contributed by atoms with Gasteiger partial charge >= 0.3 is 0 Å². The van der Waals surface area contributed by atoms with E-state index >= 15 is 0 Å². The monoisotopic (exact) mass is 334 g/mol. The van der Waals surface area contributed by atoms with Gasteiger partial charge in [0.2, 0.25) is 5.91 Å². The maximum Gasteiger partial charge on any atom is 0.255 e. The summed E-state index contributed by atoms with van der Waals surface area (Å²) >= 11 is 0. The molecule has 4 rings (SSSR count). The minimum Gasteiger partial charge on any atom is -0.326 e. The standard InChI is InChI=1S/C21H22N2O2/c24-20(15-8-9-15)22-17-12-10-16(11-13-17)21(25)23-19-7-3-5-14-4-1-2-6-18(14)19/h3,5,7,10-13,15H,1-2,4,6,8-9H2,(H,22,24)(H,23,25). The number of carbonyl (C=O) groups excluding carboxylic acids is 2. The summed E-state index contributed by atoms with van der Waals surface area (Å²) in [4.78, 5) is 24.3. The van der Waals surface area contributed by atoms with Crippen molar-refractivity contribution in [2.24, 2.45) is 5.92 Å². The third-order valence-corrected chi connectivity index (χ3v) is 5.01. The number of anilines is 2. The van der Waals surface area contributed by atoms with Gasteiger partial charge in [0.25, 0.3) is 5.91 Å². The van der Waals surface area contributed by atoms with E-state index in [4.69, 9.17) is 0 Å². The Morgan fingerprint density at radius 2 is 1.64 bits per heavy atom. The fourth-order valence-electron chi connectivity index (χ4n) is 3.39. The van der Waals surface area contributed by atoms with Gasteiger partial charge in [-0.2, -0.15) is 0 Å². The minimum atomic E-state index is -0.112. The van der Waals surface area contributed by atoms with Crippen LogP contribution in [-0.4, -0.2) is 11.8 Å². The molecule has 2 amide bonds. The molecule has 0 atom stereocenters. The third-order valence-electron chi connectivity index (χ3n) is 5.01. The number of hydrogen-bond acceptors (Lipinski definition) is 2. The predicted molar refractivity (Wildman–Crippen MR) is 98.8 cm³/mol. The van der Waals surface area contributed by atoms with E-state index in [9.17, 15) is 9.59 Å². The molecule has 128 valence electrons. The molecule has 0 bridgehead atoms. The van der Waals surface area contributed by atoms with E-state index in [0.717, 1.165) is 37.1 Å². The number of aryl methyl sites for hydroxylation is 1. The van der Waals surface area contributed by atoms with Crippen molar-refractivity contribution in [3.05, 3.63) is 59.2 Å². The van der Waals surface area contributed by atoms with Gasteiger partial charge in [-0.25, -0.2) is 0 Å². The first-order valence-corrected chi connectivity index (χ1v) is 9.04. The highest BCUT2D eigenvalue weighted by Crippen LogP contribution is 2.30. The number of rotatable bonds is 4. The van der Waals surface area contributed by atoms with E-state index in [1.54, 1.807) is 24.3 Å². The minimum absolute atomic E-state index is 0.0770. The molecular formula is C21H22N2O2. The van der Waals surface area contributed by atoms with Crippen LogP contribution in [0.5, 0.6) is 0 Å². The highest BCUT2D eigenvalue weighted by Gasteiger charge is 2.29. The van der Waals surface area contributed by atoms with Crippen molar-refractivity contribution in [2.75, 3.05) is 10.6 Å². The van der Waals surface area contributed by atoms with Crippen LogP contribution in [0.25, 0.3) is 0 Å². The lowest BCUT2D eigenvalue weighted by Crippen LogP contribution is -2.16. The summed E-state index contributed by atoms with van der Waals surface area (Å²) in [5, 5.41) is 5.94. The van der Waals surface area contributed by atoms with Crippen LogP contribution in [0.4, 0.5) is 11.4 Å². The lowest BCUT2D eigenvalue weighted by Gasteiger charge is -2.19. The van der Waals surface area contributed by atoms with Gasteiger partial charge in [-0.3, -0.25) is 9.59 Å². The lowest BCUT2D eigenvalue weighted by atomic mass is 9.90. The molecule has 1 saturated carbocycles. The van der Waals surface area contributed by atoms with Gasteiger partial charge in [-0.05, 0) is 80.0 Å². The average Bonchev–Trinajstić information content (AvgIpc) is 3.48. The second-order valence-corrected chi connectivity index (χ2v) is 6.95. The molecular weight excluding hydrogens is 312 g/mol. The molecule has 0 heterocycles. The number of carbonyl (C=O) groups is 2. The van der Waals surface area contributed by atoms with Gasteiger partial charge < -0.3 is 10.6 Å². The zero-order valence-corrected chi connectivity index (χ0v) is 14.2. The first kappa shape index (κ1) is 15.9. The summed E-state index contributed by atoms with van der Waals surface area (Å²) in [7, 11) is 0. The fraction of sp³-hybridized carbons (Fsp3) is 0.333. The topological polar surface area (TPSA) is 58.2 Å². The van der Waals surface area contributed by atoms with E-state index in [-0.39, 0.29) is 17.7 Å². The molecule has 4 heteroatoms. The molecule has 0 saturated heterocycles. The molecule has 1 fully saturated rings. The number of hydrogen-bond donors (Lipinski definition) is 2. The quantitative estimate of drug-likeness (QED) is 0.882. The Balaban J connectivity index is 1.45. The molecule has 2 aromatic carbocycles. The first-order chi connectivity index (χ1) is 12.2. The van der Waals surface area contributed by atoms with E-state index < -0.39 is 0 Å². The van der Waals surface area contributed by atoms with Gasteiger partial charge in [0.05, 0.1) is 0 Å². The third kappa shape index (κ3) is 3.58. The molecule has 0 radical (unpaired) electrons. The van der Waals surface area contributed by atoms with Gasteiger partial charge in [0, 0.05) is 22.9 Å². The second kappa shape index (κ2) is 6.71. The molecule has 2 aliphatic carbocycles. The molecule has 0 unspecified atom stereocenters. The maximum absolute atomic E-state index is 12.6. The average molecular weight is 334 g/mol. The number of nitrogens with one attached hydrogen (secondary N) is 2. The Labute approximate surface area is 147 Å². The van der Waals surface area contributed by atoms with Crippen LogP contribution in [0.1, 0.15) is 47.2 Å². The highest BCUT2D eigenvalue weighted by molar-refractivity contribution is 6.05. The Bertz CT molecular complexity index is 807. The smallest absolute Gasteiger partial charge is 0.255 e. The number of benzene rings is 2. The van der Waals surface area contributed by atoms with Crippen molar-refractivity contribution >= 4 is 23.2 Å². The van der Waals surface area contributed by atoms with Crippen LogP contribution >= 0.6 is 0 Å². The van der Waals surface area contributed by atoms with Gasteiger partial charge in [0.1, 0.15) is 0 Å². The predicted octanol–water partition coefficient (Wildman–Crippen LogP) is 4.17. The maximum atomic E-state index is 12.6. The zero-order chi connectivity index (χ0) is 17.2. The first-order valence-electron chi connectivity index (χ1n) is 9.04. The molecule has 0 aromatic heterocycles. The summed E-state index contributed by atoms with van der Waals surface area (Å²) in [5.74, 6) is 0.138. The molecule has 0 aliphatic heterocycles. The van der Waals surface area contributed by atoms with Crippen molar-refractivity contribution in [3.8, 4) is 0 Å². The Kier molecular flexibility index (Phi) is 4.26. The molecule has 0 spiro atoms. The van der Waals surface area contributed by atoms with Gasteiger partial charge in [-0.1, -0.05) is 12.1 Å². The normalized spacial score (nSPS) is 16.0. The molecule has 2 aromatic rings. The highest BCUT2D eigenvalue weighted by atomic mass is 16.2. The summed E-state index contributed by atoms with van der Waals surface area (Å²) in [6, 6.07) is 13.2. The van der Waals surface area contributed by atoms with Crippen molar-refractivity contribution in [2.45, 2.75) is 38.5 Å². The Hall–Kier alpha value is -2.62. The van der Waals surface area contributed by atoms with Gasteiger partial charge in [-0.15, -0.1) is 0 Å². The van der Waals surface area contributed by atoms with E-state index in [1.165, 1.54) is 24.0 Å². The van der Waals surface area contributed by atoms with Crippen LogP contribution in [0.3, 0.4) is 0 Å². The van der Waals surface area contributed by atoms with Crippen LogP contribution in [0.15, 0.2) is 42.5 Å². The van der Waals surface area contributed by atoms with Crippen LogP contribution < -0.4 is 10.6 Å². The van der Waals surface area contributed by atoms with E-state index in [2.05, 4.69) is 16.7 Å². The number of fused-ring (bicyclic) bond motifs is 1. The zero-order valence-electron chi connectivity index (χ0n) is 14.2.